The van der Waals surface area contributed by atoms with Gasteiger partial charge in [-0.1, -0.05) is 0 Å². The molecule has 1 aliphatic rings. The molecule has 1 fully saturated rings. The quantitative estimate of drug-likeness (QED) is 0.869. The summed E-state index contributed by atoms with van der Waals surface area (Å²) >= 11 is 0. The summed E-state index contributed by atoms with van der Waals surface area (Å²) in [5, 5.41) is 6.44. The predicted molar refractivity (Wildman–Crippen MR) is 82.1 cm³/mol. The maximum Gasteiger partial charge on any atom is 0.251 e. The third-order valence-electron chi connectivity index (χ3n) is 3.93. The molecule has 1 saturated heterocycles. The zero-order valence-electron chi connectivity index (χ0n) is 12.9. The van der Waals surface area contributed by atoms with E-state index in [0.717, 1.165) is 19.4 Å². The second kappa shape index (κ2) is 7.31. The van der Waals surface area contributed by atoms with Crippen molar-refractivity contribution < 1.29 is 14.3 Å². The van der Waals surface area contributed by atoms with Crippen molar-refractivity contribution in [2.45, 2.75) is 25.8 Å². The summed E-state index contributed by atoms with van der Waals surface area (Å²) < 4.78 is 10.4. The van der Waals surface area contributed by atoms with Crippen LogP contribution in [0.5, 0.6) is 11.5 Å². The van der Waals surface area contributed by atoms with Gasteiger partial charge in [-0.2, -0.15) is 0 Å². The molecule has 2 atom stereocenters. The highest BCUT2D eigenvalue weighted by Crippen LogP contribution is 2.22. The second-order valence-electron chi connectivity index (χ2n) is 5.56. The number of rotatable bonds is 5. The largest absolute Gasteiger partial charge is 0.497 e. The summed E-state index contributed by atoms with van der Waals surface area (Å²) in [6.07, 6.45) is 2.31. The molecule has 0 bridgehead atoms. The van der Waals surface area contributed by atoms with E-state index in [1.807, 2.05) is 0 Å². The molecule has 1 aromatic rings. The molecule has 5 nitrogen and oxygen atoms in total. The highest BCUT2D eigenvalue weighted by molar-refractivity contribution is 5.95. The number of benzene rings is 1. The predicted octanol–water partition coefficient (Wildman–Crippen LogP) is 1.82. The zero-order valence-corrected chi connectivity index (χ0v) is 12.9. The number of hydrogen-bond acceptors (Lipinski definition) is 4. The molecule has 5 heteroatoms. The number of carbonyl (C=O) groups excluding carboxylic acids is 1. The Balaban J connectivity index is 1.93. The summed E-state index contributed by atoms with van der Waals surface area (Å²) in [6.45, 7) is 3.85. The molecule has 116 valence electrons. The van der Waals surface area contributed by atoms with Gasteiger partial charge in [-0.25, -0.2) is 0 Å². The minimum Gasteiger partial charge on any atom is -0.497 e. The lowest BCUT2D eigenvalue weighted by Crippen LogP contribution is -2.41. The van der Waals surface area contributed by atoms with E-state index in [4.69, 9.17) is 9.47 Å². The Morgan fingerprint density at radius 3 is 2.43 bits per heavy atom. The lowest BCUT2D eigenvalue weighted by atomic mass is 9.95. The van der Waals surface area contributed by atoms with Crippen molar-refractivity contribution >= 4 is 5.91 Å². The molecule has 0 radical (unpaired) electrons. The molecular weight excluding hydrogens is 268 g/mol. The molecule has 1 aromatic carbocycles. The smallest absolute Gasteiger partial charge is 0.251 e. The van der Waals surface area contributed by atoms with Crippen LogP contribution < -0.4 is 20.1 Å². The number of nitrogens with one attached hydrogen (secondary N) is 2. The summed E-state index contributed by atoms with van der Waals surface area (Å²) in [5.74, 6) is 1.64. The summed E-state index contributed by atoms with van der Waals surface area (Å²) in [5.41, 5.74) is 0.559. The minimum atomic E-state index is -0.0918. The van der Waals surface area contributed by atoms with Crippen molar-refractivity contribution in [3.05, 3.63) is 23.8 Å². The van der Waals surface area contributed by atoms with Crippen LogP contribution in [0.2, 0.25) is 0 Å². The first kappa shape index (κ1) is 15.6. The highest BCUT2D eigenvalue weighted by atomic mass is 16.5. The van der Waals surface area contributed by atoms with Gasteiger partial charge in [0.2, 0.25) is 0 Å². The first-order chi connectivity index (χ1) is 10.1. The fourth-order valence-electron chi connectivity index (χ4n) is 2.51. The van der Waals surface area contributed by atoms with E-state index in [2.05, 4.69) is 17.6 Å². The molecule has 0 saturated carbocycles. The standard InChI is InChI=1S/C16H24N2O3/c1-11-4-5-12(9-17-11)10-18-16(19)13-6-14(20-2)8-15(7-13)21-3/h6-8,11-12,17H,4-5,9-10H2,1-3H3,(H,18,19). The molecule has 1 amide bonds. The Labute approximate surface area is 126 Å². The SMILES string of the molecule is COc1cc(OC)cc(C(=O)NCC2CCC(C)NC2)c1. The van der Waals surface area contributed by atoms with Gasteiger partial charge in [0.1, 0.15) is 11.5 Å². The monoisotopic (exact) mass is 292 g/mol. The van der Waals surface area contributed by atoms with Gasteiger partial charge in [0.05, 0.1) is 14.2 Å². The fourth-order valence-corrected chi connectivity index (χ4v) is 2.51. The minimum absolute atomic E-state index is 0.0918. The Morgan fingerprint density at radius 1 is 1.24 bits per heavy atom. The molecular formula is C16H24N2O3. The number of methoxy groups -OCH3 is 2. The van der Waals surface area contributed by atoms with Crippen LogP contribution in [0.3, 0.4) is 0 Å². The van der Waals surface area contributed by atoms with E-state index in [1.165, 1.54) is 0 Å². The Kier molecular flexibility index (Phi) is 5.44. The highest BCUT2D eigenvalue weighted by Gasteiger charge is 2.18. The number of piperidine rings is 1. The van der Waals surface area contributed by atoms with Gasteiger partial charge in [0.15, 0.2) is 0 Å². The van der Waals surface area contributed by atoms with Gasteiger partial charge in [0, 0.05) is 24.2 Å². The van der Waals surface area contributed by atoms with Crippen molar-refractivity contribution in [3.8, 4) is 11.5 Å². The van der Waals surface area contributed by atoms with Crippen LogP contribution in [0, 0.1) is 5.92 Å². The number of hydrogen-bond donors (Lipinski definition) is 2. The van der Waals surface area contributed by atoms with Gasteiger partial charge < -0.3 is 20.1 Å². The maximum atomic E-state index is 12.2. The zero-order chi connectivity index (χ0) is 15.2. The van der Waals surface area contributed by atoms with E-state index in [-0.39, 0.29) is 5.91 Å². The van der Waals surface area contributed by atoms with Crippen LogP contribution in [0.1, 0.15) is 30.1 Å². The fraction of sp³-hybridized carbons (Fsp3) is 0.562. The molecule has 2 N–H and O–H groups in total. The lowest BCUT2D eigenvalue weighted by Gasteiger charge is -2.27. The van der Waals surface area contributed by atoms with Crippen molar-refractivity contribution in [2.75, 3.05) is 27.3 Å². The summed E-state index contributed by atoms with van der Waals surface area (Å²) in [6, 6.07) is 5.78. The van der Waals surface area contributed by atoms with Gasteiger partial charge >= 0.3 is 0 Å². The Hall–Kier alpha value is -1.75. The topological polar surface area (TPSA) is 59.6 Å². The molecule has 1 heterocycles. The molecule has 0 spiro atoms. The molecule has 2 rings (SSSR count). The average Bonchev–Trinajstić information content (AvgIpc) is 2.53. The first-order valence-corrected chi connectivity index (χ1v) is 7.37. The average molecular weight is 292 g/mol. The van der Waals surface area contributed by atoms with Crippen LogP contribution >= 0.6 is 0 Å². The van der Waals surface area contributed by atoms with Crippen LogP contribution in [0.15, 0.2) is 18.2 Å². The van der Waals surface area contributed by atoms with Crippen LogP contribution in [0.25, 0.3) is 0 Å². The van der Waals surface area contributed by atoms with Gasteiger partial charge in [-0.15, -0.1) is 0 Å². The van der Waals surface area contributed by atoms with Crippen molar-refractivity contribution in [3.63, 3.8) is 0 Å². The number of amides is 1. The van der Waals surface area contributed by atoms with Crippen LogP contribution in [0.4, 0.5) is 0 Å². The van der Waals surface area contributed by atoms with E-state index < -0.39 is 0 Å². The lowest BCUT2D eigenvalue weighted by molar-refractivity contribution is 0.0943. The third-order valence-corrected chi connectivity index (χ3v) is 3.93. The number of ether oxygens (including phenoxy) is 2. The number of carbonyl (C=O) groups is 1. The second-order valence-corrected chi connectivity index (χ2v) is 5.56. The van der Waals surface area contributed by atoms with Gasteiger partial charge in [-0.05, 0) is 44.4 Å². The van der Waals surface area contributed by atoms with E-state index in [1.54, 1.807) is 32.4 Å². The van der Waals surface area contributed by atoms with Crippen molar-refractivity contribution in [2.24, 2.45) is 5.92 Å². The Morgan fingerprint density at radius 2 is 1.90 bits per heavy atom. The summed E-state index contributed by atoms with van der Waals surface area (Å²) in [4.78, 5) is 12.2. The molecule has 21 heavy (non-hydrogen) atoms. The molecule has 0 aliphatic carbocycles. The molecule has 0 aromatic heterocycles. The van der Waals surface area contributed by atoms with Crippen LogP contribution in [-0.2, 0) is 0 Å². The third kappa shape index (κ3) is 4.36. The van der Waals surface area contributed by atoms with E-state index in [0.29, 0.717) is 35.6 Å². The normalized spacial score (nSPS) is 21.7. The van der Waals surface area contributed by atoms with Crippen molar-refractivity contribution in [1.29, 1.82) is 0 Å². The van der Waals surface area contributed by atoms with E-state index in [9.17, 15) is 4.79 Å². The van der Waals surface area contributed by atoms with E-state index >= 15 is 0 Å². The molecule has 2 unspecified atom stereocenters. The van der Waals surface area contributed by atoms with Crippen LogP contribution in [-0.4, -0.2) is 39.3 Å². The first-order valence-electron chi connectivity index (χ1n) is 7.37. The van der Waals surface area contributed by atoms with Gasteiger partial charge in [-0.3, -0.25) is 4.79 Å². The Bertz CT molecular complexity index is 460. The summed E-state index contributed by atoms with van der Waals surface area (Å²) in [7, 11) is 3.15. The maximum absolute atomic E-state index is 12.2. The molecule has 1 aliphatic heterocycles. The van der Waals surface area contributed by atoms with Crippen molar-refractivity contribution in [1.82, 2.24) is 10.6 Å². The van der Waals surface area contributed by atoms with Gasteiger partial charge in [0.25, 0.3) is 5.91 Å².